The van der Waals surface area contributed by atoms with Crippen LogP contribution in [0.15, 0.2) is 30.3 Å². The second kappa shape index (κ2) is 3.34. The van der Waals surface area contributed by atoms with Crippen molar-refractivity contribution in [3.8, 4) is 0 Å². The van der Waals surface area contributed by atoms with E-state index in [-0.39, 0.29) is 0 Å². The van der Waals surface area contributed by atoms with Gasteiger partial charge in [-0.3, -0.25) is 0 Å². The number of hydrogen-bond donors (Lipinski definition) is 1. The topological polar surface area (TPSA) is 26.0 Å². The molecule has 2 aliphatic rings. The molecule has 0 aromatic heterocycles. The summed E-state index contributed by atoms with van der Waals surface area (Å²) in [4.78, 5) is 0. The Bertz CT molecular complexity index is 346. The fourth-order valence-electron chi connectivity index (χ4n) is 3.94. The molecule has 2 aliphatic carbocycles. The summed E-state index contributed by atoms with van der Waals surface area (Å²) in [6.07, 6.45) is 5.60. The molecular formula is C14H19N. The molecule has 2 saturated carbocycles. The number of benzene rings is 1. The third kappa shape index (κ3) is 1.26. The maximum Gasteiger partial charge on any atom is 0.0106 e. The second-order valence-electron chi connectivity index (χ2n) is 5.31. The standard InChI is InChI=1S/C14H19N/c15-10-14(12-4-2-1-3-5-12)9-11-6-7-13(14)8-11/h1-5,11,13H,6-10,15H2. The van der Waals surface area contributed by atoms with Gasteiger partial charge in [0, 0.05) is 12.0 Å². The van der Waals surface area contributed by atoms with Crippen LogP contribution in [0.3, 0.4) is 0 Å². The van der Waals surface area contributed by atoms with Crippen molar-refractivity contribution in [3.05, 3.63) is 35.9 Å². The van der Waals surface area contributed by atoms with Crippen molar-refractivity contribution in [2.24, 2.45) is 17.6 Å². The average molecular weight is 201 g/mol. The summed E-state index contributed by atoms with van der Waals surface area (Å²) >= 11 is 0. The van der Waals surface area contributed by atoms with Gasteiger partial charge in [-0.1, -0.05) is 36.8 Å². The van der Waals surface area contributed by atoms with Crippen LogP contribution >= 0.6 is 0 Å². The Morgan fingerprint density at radius 1 is 1.20 bits per heavy atom. The minimum Gasteiger partial charge on any atom is -0.330 e. The summed E-state index contributed by atoms with van der Waals surface area (Å²) in [5.74, 6) is 1.81. The maximum absolute atomic E-state index is 6.09. The third-order valence-corrected chi connectivity index (χ3v) is 4.69. The number of nitrogens with two attached hydrogens (primary N) is 1. The van der Waals surface area contributed by atoms with Gasteiger partial charge in [0.25, 0.3) is 0 Å². The van der Waals surface area contributed by atoms with Crippen molar-refractivity contribution in [2.75, 3.05) is 6.54 Å². The van der Waals surface area contributed by atoms with Gasteiger partial charge in [0.15, 0.2) is 0 Å². The average Bonchev–Trinajstić information content (AvgIpc) is 2.90. The van der Waals surface area contributed by atoms with Crippen LogP contribution in [0.4, 0.5) is 0 Å². The summed E-state index contributed by atoms with van der Waals surface area (Å²) in [6, 6.07) is 10.9. The van der Waals surface area contributed by atoms with E-state index in [1.807, 2.05) is 0 Å². The van der Waals surface area contributed by atoms with Crippen molar-refractivity contribution < 1.29 is 0 Å². The highest BCUT2D eigenvalue weighted by molar-refractivity contribution is 5.30. The Kier molecular flexibility index (Phi) is 2.10. The van der Waals surface area contributed by atoms with Crippen molar-refractivity contribution in [1.82, 2.24) is 0 Å². The highest BCUT2D eigenvalue weighted by atomic mass is 14.7. The lowest BCUT2D eigenvalue weighted by atomic mass is 9.68. The molecule has 0 heterocycles. The Balaban J connectivity index is 2.01. The molecule has 0 saturated heterocycles. The molecule has 1 heteroatoms. The van der Waals surface area contributed by atoms with Crippen molar-refractivity contribution in [2.45, 2.75) is 31.1 Å². The van der Waals surface area contributed by atoms with Gasteiger partial charge in [-0.05, 0) is 36.7 Å². The quantitative estimate of drug-likeness (QED) is 0.782. The molecule has 3 unspecified atom stereocenters. The lowest BCUT2D eigenvalue weighted by Crippen LogP contribution is -2.40. The fourth-order valence-corrected chi connectivity index (χ4v) is 3.94. The minimum absolute atomic E-state index is 0.324. The van der Waals surface area contributed by atoms with E-state index in [1.165, 1.54) is 31.2 Å². The monoisotopic (exact) mass is 201 g/mol. The molecule has 2 N–H and O–H groups in total. The van der Waals surface area contributed by atoms with Crippen LogP contribution < -0.4 is 5.73 Å². The van der Waals surface area contributed by atoms with Gasteiger partial charge in [0.05, 0.1) is 0 Å². The molecule has 2 fully saturated rings. The van der Waals surface area contributed by atoms with Crippen LogP contribution in [0, 0.1) is 11.8 Å². The Labute approximate surface area is 91.7 Å². The summed E-state index contributed by atoms with van der Waals surface area (Å²) in [5.41, 5.74) is 7.90. The summed E-state index contributed by atoms with van der Waals surface area (Å²) < 4.78 is 0. The van der Waals surface area contributed by atoms with Crippen LogP contribution in [-0.2, 0) is 5.41 Å². The first-order chi connectivity index (χ1) is 7.35. The Hall–Kier alpha value is -0.820. The summed E-state index contributed by atoms with van der Waals surface area (Å²) in [6.45, 7) is 0.832. The molecule has 3 atom stereocenters. The van der Waals surface area contributed by atoms with Crippen molar-refractivity contribution >= 4 is 0 Å². The zero-order valence-electron chi connectivity index (χ0n) is 9.15. The van der Waals surface area contributed by atoms with Gasteiger partial charge in [-0.15, -0.1) is 0 Å². The molecule has 1 nitrogen and oxygen atoms in total. The predicted molar refractivity (Wildman–Crippen MR) is 62.6 cm³/mol. The molecule has 1 aromatic carbocycles. The van der Waals surface area contributed by atoms with Gasteiger partial charge in [-0.2, -0.15) is 0 Å². The number of rotatable bonds is 2. The first kappa shape index (κ1) is 9.41. The van der Waals surface area contributed by atoms with E-state index in [2.05, 4.69) is 30.3 Å². The van der Waals surface area contributed by atoms with E-state index in [9.17, 15) is 0 Å². The molecule has 2 bridgehead atoms. The van der Waals surface area contributed by atoms with E-state index in [0.717, 1.165) is 18.4 Å². The van der Waals surface area contributed by atoms with Crippen molar-refractivity contribution in [1.29, 1.82) is 0 Å². The lowest BCUT2D eigenvalue weighted by Gasteiger charge is -2.37. The first-order valence-electron chi connectivity index (χ1n) is 6.11. The fraction of sp³-hybridized carbons (Fsp3) is 0.571. The normalized spacial score (nSPS) is 38.5. The highest BCUT2D eigenvalue weighted by Gasteiger charge is 2.50. The highest BCUT2D eigenvalue weighted by Crippen LogP contribution is 2.56. The van der Waals surface area contributed by atoms with Crippen molar-refractivity contribution in [3.63, 3.8) is 0 Å². The van der Waals surface area contributed by atoms with Crippen LogP contribution in [0.2, 0.25) is 0 Å². The van der Waals surface area contributed by atoms with E-state index >= 15 is 0 Å². The molecule has 15 heavy (non-hydrogen) atoms. The van der Waals surface area contributed by atoms with Gasteiger partial charge in [0.2, 0.25) is 0 Å². The number of hydrogen-bond acceptors (Lipinski definition) is 1. The van der Waals surface area contributed by atoms with Gasteiger partial charge < -0.3 is 5.73 Å². The third-order valence-electron chi connectivity index (χ3n) is 4.69. The summed E-state index contributed by atoms with van der Waals surface area (Å²) in [7, 11) is 0. The molecule has 0 spiro atoms. The van der Waals surface area contributed by atoms with E-state index in [0.29, 0.717) is 5.41 Å². The van der Waals surface area contributed by atoms with Crippen LogP contribution in [-0.4, -0.2) is 6.54 Å². The zero-order chi connectivity index (χ0) is 10.3. The van der Waals surface area contributed by atoms with Crippen LogP contribution in [0.25, 0.3) is 0 Å². The Morgan fingerprint density at radius 2 is 2.00 bits per heavy atom. The molecule has 1 aromatic rings. The predicted octanol–water partition coefficient (Wildman–Crippen LogP) is 2.70. The molecule has 0 amide bonds. The minimum atomic E-state index is 0.324. The van der Waals surface area contributed by atoms with Crippen LogP contribution in [0.5, 0.6) is 0 Å². The van der Waals surface area contributed by atoms with E-state index < -0.39 is 0 Å². The van der Waals surface area contributed by atoms with E-state index in [4.69, 9.17) is 5.73 Å². The molecule has 3 rings (SSSR count). The molecule has 0 aliphatic heterocycles. The zero-order valence-corrected chi connectivity index (χ0v) is 9.15. The van der Waals surface area contributed by atoms with Gasteiger partial charge in [-0.25, -0.2) is 0 Å². The summed E-state index contributed by atoms with van der Waals surface area (Å²) in [5, 5.41) is 0. The molecule has 0 radical (unpaired) electrons. The largest absolute Gasteiger partial charge is 0.330 e. The Morgan fingerprint density at radius 3 is 2.53 bits per heavy atom. The van der Waals surface area contributed by atoms with Gasteiger partial charge in [0.1, 0.15) is 0 Å². The van der Waals surface area contributed by atoms with Crippen LogP contribution in [0.1, 0.15) is 31.2 Å². The SMILES string of the molecule is NCC1(c2ccccc2)CC2CCC1C2. The lowest BCUT2D eigenvalue weighted by molar-refractivity contribution is 0.275. The second-order valence-corrected chi connectivity index (χ2v) is 5.31. The number of fused-ring (bicyclic) bond motifs is 2. The van der Waals surface area contributed by atoms with Gasteiger partial charge >= 0.3 is 0 Å². The smallest absolute Gasteiger partial charge is 0.0106 e. The van der Waals surface area contributed by atoms with E-state index in [1.54, 1.807) is 0 Å². The molecule has 80 valence electrons. The molecular weight excluding hydrogens is 182 g/mol. The first-order valence-corrected chi connectivity index (χ1v) is 6.11. The maximum atomic E-state index is 6.09.